The molecule has 0 radical (unpaired) electrons. The van der Waals surface area contributed by atoms with Crippen molar-refractivity contribution in [3.63, 3.8) is 0 Å². The highest BCUT2D eigenvalue weighted by Crippen LogP contribution is 2.34. The summed E-state index contributed by atoms with van der Waals surface area (Å²) in [6, 6.07) is 7.59. The van der Waals surface area contributed by atoms with E-state index in [1.54, 1.807) is 4.90 Å². The molecule has 4 N–H and O–H groups in total. The number of aromatic nitrogens is 4. The molecule has 1 aliphatic heterocycles. The third-order valence-electron chi connectivity index (χ3n) is 6.44. The fraction of sp³-hybridized carbons (Fsp3) is 0.250. The van der Waals surface area contributed by atoms with Crippen LogP contribution in [0.25, 0.3) is 22.3 Å². The minimum absolute atomic E-state index is 0.0349. The Kier molecular flexibility index (Phi) is 7.33. The number of nitrogens with zero attached hydrogens (tertiary/aromatic N) is 5. The van der Waals surface area contributed by atoms with E-state index in [2.05, 4.69) is 19.8 Å². The quantitative estimate of drug-likeness (QED) is 0.294. The van der Waals surface area contributed by atoms with Crippen LogP contribution >= 0.6 is 23.2 Å². The number of rotatable bonds is 7. The number of anilines is 2. The minimum Gasteiger partial charge on any atom is -0.394 e. The largest absolute Gasteiger partial charge is 0.394 e. The number of hydrogen-bond acceptors (Lipinski definition) is 8. The van der Waals surface area contributed by atoms with Gasteiger partial charge in [-0.05, 0) is 37.1 Å². The lowest BCUT2D eigenvalue weighted by Gasteiger charge is -2.22. The molecular formula is C24H22Cl2FN7O4S. The lowest BCUT2D eigenvalue weighted by molar-refractivity contribution is -0.133. The van der Waals surface area contributed by atoms with Crippen LogP contribution in [0.2, 0.25) is 10.0 Å². The number of nitrogens with one attached hydrogen (secondary N) is 1. The van der Waals surface area contributed by atoms with Crippen molar-refractivity contribution in [1.82, 2.24) is 24.6 Å². The average molecular weight is 594 g/mol. The van der Waals surface area contributed by atoms with Gasteiger partial charge in [-0.15, -0.1) is 0 Å². The monoisotopic (exact) mass is 593 g/mol. The summed E-state index contributed by atoms with van der Waals surface area (Å²) in [7, 11) is -4.26. The van der Waals surface area contributed by atoms with Gasteiger partial charge >= 0.3 is 0 Å². The van der Waals surface area contributed by atoms with Gasteiger partial charge in [0.25, 0.3) is 10.0 Å². The number of nitrogen functional groups attached to an aromatic ring is 1. The molecular weight excluding hydrogens is 572 g/mol. The summed E-state index contributed by atoms with van der Waals surface area (Å²) in [6.07, 6.45) is 2.73. The summed E-state index contributed by atoms with van der Waals surface area (Å²) >= 11 is 12.0. The lowest BCUT2D eigenvalue weighted by atomic mass is 10.1. The summed E-state index contributed by atoms with van der Waals surface area (Å²) < 4.78 is 44.4. The molecule has 1 atom stereocenters. The number of hydrogen-bond donors (Lipinski definition) is 3. The van der Waals surface area contributed by atoms with Gasteiger partial charge in [-0.25, -0.2) is 27.5 Å². The van der Waals surface area contributed by atoms with E-state index < -0.39 is 15.8 Å². The van der Waals surface area contributed by atoms with Crippen molar-refractivity contribution in [3.8, 4) is 11.3 Å². The highest BCUT2D eigenvalue weighted by molar-refractivity contribution is 7.92. The Balaban J connectivity index is 1.48. The van der Waals surface area contributed by atoms with Crippen molar-refractivity contribution in [3.05, 3.63) is 58.6 Å². The lowest BCUT2D eigenvalue weighted by Crippen LogP contribution is -2.39. The maximum absolute atomic E-state index is 15.2. The molecule has 15 heteroatoms. The van der Waals surface area contributed by atoms with E-state index in [4.69, 9.17) is 28.9 Å². The molecule has 39 heavy (non-hydrogen) atoms. The zero-order chi connectivity index (χ0) is 27.9. The number of sulfonamides is 1. The van der Waals surface area contributed by atoms with E-state index >= 15 is 4.39 Å². The molecule has 0 aliphatic carbocycles. The number of carbonyl (C=O) groups excluding carboxylic acids is 1. The van der Waals surface area contributed by atoms with Gasteiger partial charge < -0.3 is 15.7 Å². The van der Waals surface area contributed by atoms with Gasteiger partial charge in [-0.2, -0.15) is 5.10 Å². The Morgan fingerprint density at radius 3 is 2.77 bits per heavy atom. The number of amides is 1. The SMILES string of the molecule is Nc1ncnc2c1c(-c1ccc(NS(=O)(=O)c3cccc(Cl)c3Cl)c(F)c1)nn2CC(=O)N1CCC[C@@H]1CO. The van der Waals surface area contributed by atoms with Gasteiger partial charge in [0.15, 0.2) is 5.65 Å². The number of carbonyl (C=O) groups is 1. The van der Waals surface area contributed by atoms with E-state index in [1.165, 1.54) is 41.3 Å². The van der Waals surface area contributed by atoms with Gasteiger partial charge in [-0.3, -0.25) is 9.52 Å². The van der Waals surface area contributed by atoms with Crippen LogP contribution in [0.5, 0.6) is 0 Å². The first-order valence-corrected chi connectivity index (χ1v) is 14.0. The zero-order valence-corrected chi connectivity index (χ0v) is 22.5. The van der Waals surface area contributed by atoms with Gasteiger partial charge in [0.2, 0.25) is 5.91 Å². The average Bonchev–Trinajstić information content (AvgIpc) is 3.52. The third kappa shape index (κ3) is 5.10. The number of fused-ring (bicyclic) bond motifs is 1. The maximum atomic E-state index is 15.2. The highest BCUT2D eigenvalue weighted by Gasteiger charge is 2.29. The third-order valence-corrected chi connectivity index (χ3v) is 8.78. The van der Waals surface area contributed by atoms with Crippen molar-refractivity contribution in [2.24, 2.45) is 0 Å². The summed E-state index contributed by atoms with van der Waals surface area (Å²) in [5, 5.41) is 14.2. The number of benzene rings is 2. The second-order valence-corrected chi connectivity index (χ2v) is 11.3. The Morgan fingerprint density at radius 1 is 1.23 bits per heavy atom. The molecule has 1 aliphatic rings. The Bertz CT molecular complexity index is 1700. The molecule has 3 heterocycles. The zero-order valence-electron chi connectivity index (χ0n) is 20.2. The Hall–Kier alpha value is -3.52. The molecule has 0 saturated carbocycles. The number of aliphatic hydroxyl groups excluding tert-OH is 1. The van der Waals surface area contributed by atoms with Crippen LogP contribution in [0.1, 0.15) is 12.8 Å². The van der Waals surface area contributed by atoms with Crippen LogP contribution in [0.3, 0.4) is 0 Å². The van der Waals surface area contributed by atoms with E-state index in [-0.39, 0.29) is 68.5 Å². The molecule has 204 valence electrons. The van der Waals surface area contributed by atoms with Crippen LogP contribution in [0.15, 0.2) is 47.6 Å². The normalized spacial score (nSPS) is 15.7. The molecule has 1 saturated heterocycles. The first kappa shape index (κ1) is 27.1. The smallest absolute Gasteiger partial charge is 0.263 e. The fourth-order valence-electron chi connectivity index (χ4n) is 4.55. The minimum atomic E-state index is -4.26. The fourth-order valence-corrected chi connectivity index (χ4v) is 6.38. The number of halogens is 3. The van der Waals surface area contributed by atoms with Crippen LogP contribution in [0.4, 0.5) is 15.9 Å². The number of likely N-dealkylation sites (tertiary alicyclic amines) is 1. The highest BCUT2D eigenvalue weighted by atomic mass is 35.5. The summed E-state index contributed by atoms with van der Waals surface area (Å²) in [5.74, 6) is -1.08. The van der Waals surface area contributed by atoms with Crippen LogP contribution in [-0.2, 0) is 21.4 Å². The molecule has 0 unspecified atom stereocenters. The predicted molar refractivity (Wildman–Crippen MR) is 144 cm³/mol. The van der Waals surface area contributed by atoms with Crippen molar-refractivity contribution in [2.45, 2.75) is 30.3 Å². The molecule has 1 amide bonds. The molecule has 11 nitrogen and oxygen atoms in total. The molecule has 0 spiro atoms. The van der Waals surface area contributed by atoms with Gasteiger partial charge in [-0.1, -0.05) is 35.3 Å². The van der Waals surface area contributed by atoms with Crippen LogP contribution in [0, 0.1) is 5.82 Å². The first-order chi connectivity index (χ1) is 18.6. The maximum Gasteiger partial charge on any atom is 0.263 e. The van der Waals surface area contributed by atoms with Crippen LogP contribution in [-0.4, -0.2) is 63.3 Å². The van der Waals surface area contributed by atoms with E-state index in [0.29, 0.717) is 18.4 Å². The van der Waals surface area contributed by atoms with Crippen molar-refractivity contribution < 1.29 is 22.7 Å². The molecule has 4 aromatic rings. The number of aliphatic hydroxyl groups is 1. The molecule has 1 fully saturated rings. The van der Waals surface area contributed by atoms with E-state index in [0.717, 1.165) is 12.5 Å². The molecule has 5 rings (SSSR count). The van der Waals surface area contributed by atoms with Crippen molar-refractivity contribution in [1.29, 1.82) is 0 Å². The molecule has 0 bridgehead atoms. The standard InChI is InChI=1S/C24H22Cl2FN7O4S/c25-15-4-1-5-18(21(15)26)39(37,38)32-17-7-6-13(9-16(17)27)22-20-23(28)29-12-30-24(20)34(31-22)10-19(36)33-8-2-3-14(33)11-35/h1,4-7,9,12,14,32,35H,2-3,8,10-11H2,(H2,28,29,30)/t14-/m1/s1. The van der Waals surface area contributed by atoms with Gasteiger partial charge in [0.05, 0.1) is 33.8 Å². The summed E-state index contributed by atoms with van der Waals surface area (Å²) in [5.41, 5.74) is 6.51. The first-order valence-electron chi connectivity index (χ1n) is 11.7. The Morgan fingerprint density at radius 2 is 2.03 bits per heavy atom. The second-order valence-electron chi connectivity index (χ2n) is 8.88. The van der Waals surface area contributed by atoms with Gasteiger partial charge in [0.1, 0.15) is 35.1 Å². The van der Waals surface area contributed by atoms with E-state index in [1.807, 2.05) is 0 Å². The second kappa shape index (κ2) is 10.6. The Labute approximate surface area is 232 Å². The van der Waals surface area contributed by atoms with E-state index in [9.17, 15) is 18.3 Å². The summed E-state index contributed by atoms with van der Waals surface area (Å²) in [4.78, 5) is 22.5. The van der Waals surface area contributed by atoms with Gasteiger partial charge in [0, 0.05) is 12.1 Å². The van der Waals surface area contributed by atoms with Crippen molar-refractivity contribution in [2.75, 3.05) is 23.6 Å². The van der Waals surface area contributed by atoms with Crippen molar-refractivity contribution >= 4 is 61.7 Å². The summed E-state index contributed by atoms with van der Waals surface area (Å²) in [6.45, 7) is 0.214. The predicted octanol–water partition coefficient (Wildman–Crippen LogP) is 3.31. The number of nitrogens with two attached hydrogens (primary N) is 1. The van der Waals surface area contributed by atoms with Crippen LogP contribution < -0.4 is 10.5 Å². The molecule has 2 aromatic carbocycles. The topological polar surface area (TPSA) is 156 Å². The molecule has 2 aromatic heterocycles.